The second kappa shape index (κ2) is 10.6. The molecular formula is C24H25F3N2O5. The molecule has 0 spiro atoms. The molecule has 7 nitrogen and oxygen atoms in total. The Kier molecular flexibility index (Phi) is 7.80. The van der Waals surface area contributed by atoms with E-state index in [4.69, 9.17) is 9.84 Å². The Hall–Kier alpha value is -3.56. The minimum atomic E-state index is -4.88. The van der Waals surface area contributed by atoms with E-state index in [-0.39, 0.29) is 25.4 Å². The number of amides is 2. The van der Waals surface area contributed by atoms with E-state index in [1.807, 2.05) is 48.5 Å². The molecule has 2 unspecified atom stereocenters. The smallest absolute Gasteiger partial charge is 0.409 e. The maximum atomic E-state index is 12.9. The zero-order valence-corrected chi connectivity index (χ0v) is 18.4. The highest BCUT2D eigenvalue weighted by Crippen LogP contribution is 2.44. The first-order chi connectivity index (χ1) is 16.1. The molecule has 0 aromatic heterocycles. The van der Waals surface area contributed by atoms with E-state index < -0.39 is 42.7 Å². The molecule has 0 heterocycles. The summed E-state index contributed by atoms with van der Waals surface area (Å²) in [7, 11) is 0. The lowest BCUT2D eigenvalue weighted by Crippen LogP contribution is -2.47. The van der Waals surface area contributed by atoms with Gasteiger partial charge in [-0.2, -0.15) is 13.2 Å². The lowest BCUT2D eigenvalue weighted by Gasteiger charge is -2.21. The Balaban J connectivity index is 1.48. The highest BCUT2D eigenvalue weighted by molar-refractivity contribution is 5.79. The maximum absolute atomic E-state index is 12.9. The summed E-state index contributed by atoms with van der Waals surface area (Å²) in [6.07, 6.45) is -7.11. The van der Waals surface area contributed by atoms with Gasteiger partial charge in [-0.05, 0) is 35.6 Å². The van der Waals surface area contributed by atoms with E-state index in [1.54, 1.807) is 12.2 Å². The number of carbonyl (C=O) groups is 3. The Labute approximate surface area is 194 Å². The molecule has 182 valence electrons. The van der Waals surface area contributed by atoms with Crippen LogP contribution in [0.15, 0.2) is 48.5 Å². The largest absolute Gasteiger partial charge is 0.481 e. The van der Waals surface area contributed by atoms with Gasteiger partial charge in [0.1, 0.15) is 12.6 Å². The molecule has 34 heavy (non-hydrogen) atoms. The molecule has 0 saturated carbocycles. The fraction of sp³-hybridized carbons (Fsp3) is 0.375. The summed E-state index contributed by atoms with van der Waals surface area (Å²) in [5.41, 5.74) is 4.29. The predicted octanol–water partition coefficient (Wildman–Crippen LogP) is 4.22. The van der Waals surface area contributed by atoms with E-state index in [9.17, 15) is 27.6 Å². The molecule has 3 N–H and O–H groups in total. The molecule has 1 aliphatic rings. The second-order valence-electron chi connectivity index (χ2n) is 8.17. The molecule has 0 radical (unpaired) electrons. The van der Waals surface area contributed by atoms with Gasteiger partial charge in [-0.3, -0.25) is 9.59 Å². The molecule has 1 aliphatic carbocycles. The number of carbonyl (C=O) groups excluding carboxylic acids is 2. The third kappa shape index (κ3) is 6.27. The van der Waals surface area contributed by atoms with Gasteiger partial charge in [0.15, 0.2) is 0 Å². The summed E-state index contributed by atoms with van der Waals surface area (Å²) in [6.45, 7) is 1.70. The number of alkyl halides is 3. The van der Waals surface area contributed by atoms with Crippen LogP contribution < -0.4 is 10.6 Å². The van der Waals surface area contributed by atoms with Crippen LogP contribution in [0.25, 0.3) is 11.1 Å². The van der Waals surface area contributed by atoms with Crippen molar-refractivity contribution in [3.63, 3.8) is 0 Å². The van der Waals surface area contributed by atoms with Gasteiger partial charge in [0.25, 0.3) is 0 Å². The summed E-state index contributed by atoms with van der Waals surface area (Å²) in [6, 6.07) is 12.7. The van der Waals surface area contributed by atoms with Crippen molar-refractivity contribution in [2.24, 2.45) is 0 Å². The van der Waals surface area contributed by atoms with Crippen LogP contribution in [0.3, 0.4) is 0 Å². The number of nitrogens with one attached hydrogen (secondary N) is 2. The molecule has 2 aromatic carbocycles. The summed E-state index contributed by atoms with van der Waals surface area (Å²) in [5, 5.41) is 12.9. The lowest BCUT2D eigenvalue weighted by molar-refractivity contribution is -0.170. The van der Waals surface area contributed by atoms with E-state index >= 15 is 0 Å². The van der Waals surface area contributed by atoms with Gasteiger partial charge >= 0.3 is 18.2 Å². The monoisotopic (exact) mass is 478 g/mol. The van der Waals surface area contributed by atoms with Crippen molar-refractivity contribution in [1.29, 1.82) is 0 Å². The van der Waals surface area contributed by atoms with Crippen LogP contribution >= 0.6 is 0 Å². The van der Waals surface area contributed by atoms with Crippen molar-refractivity contribution in [2.75, 3.05) is 6.61 Å². The Morgan fingerprint density at radius 3 is 2.09 bits per heavy atom. The van der Waals surface area contributed by atoms with Crippen molar-refractivity contribution in [3.8, 4) is 11.1 Å². The molecule has 0 bridgehead atoms. The molecule has 3 rings (SSSR count). The van der Waals surface area contributed by atoms with Crippen LogP contribution in [0, 0.1) is 0 Å². The van der Waals surface area contributed by atoms with Gasteiger partial charge < -0.3 is 20.5 Å². The van der Waals surface area contributed by atoms with Crippen molar-refractivity contribution in [1.82, 2.24) is 10.6 Å². The second-order valence-corrected chi connectivity index (χ2v) is 8.17. The standard InChI is InChI=1S/C24H25F3N2O5/c1-14(10-11-21(30)29-20(12-22(31)32)24(25,26)27)28-23(33)34-13-19-17-8-4-2-6-15(17)16-7-3-5-9-18(16)19/h2-9,14,19-20H,10-13H2,1H3,(H,28,33)(H,29,30)(H,31,32). The van der Waals surface area contributed by atoms with Gasteiger partial charge in [-0.25, -0.2) is 4.79 Å². The van der Waals surface area contributed by atoms with Gasteiger partial charge in [-0.15, -0.1) is 0 Å². The van der Waals surface area contributed by atoms with Crippen LogP contribution in [0.5, 0.6) is 0 Å². The first kappa shape index (κ1) is 25.1. The predicted molar refractivity (Wildman–Crippen MR) is 117 cm³/mol. The fourth-order valence-electron chi connectivity index (χ4n) is 3.95. The number of alkyl carbamates (subject to hydrolysis) is 1. The zero-order valence-electron chi connectivity index (χ0n) is 18.4. The van der Waals surface area contributed by atoms with Gasteiger partial charge in [0, 0.05) is 18.4 Å². The van der Waals surface area contributed by atoms with Crippen LogP contribution in [-0.4, -0.2) is 47.9 Å². The van der Waals surface area contributed by atoms with E-state index in [0.29, 0.717) is 0 Å². The molecule has 0 fully saturated rings. The first-order valence-corrected chi connectivity index (χ1v) is 10.8. The molecule has 2 atom stereocenters. The first-order valence-electron chi connectivity index (χ1n) is 10.8. The van der Waals surface area contributed by atoms with Crippen molar-refractivity contribution < 1.29 is 37.4 Å². The number of carboxylic acid groups (broad SMARTS) is 1. The van der Waals surface area contributed by atoms with Gasteiger partial charge in [0.05, 0.1) is 6.42 Å². The molecule has 0 saturated heterocycles. The molecule has 2 aromatic rings. The van der Waals surface area contributed by atoms with Crippen LogP contribution in [0.1, 0.15) is 43.2 Å². The Morgan fingerprint density at radius 1 is 1.00 bits per heavy atom. The zero-order chi connectivity index (χ0) is 24.9. The van der Waals surface area contributed by atoms with Gasteiger partial charge in [0.2, 0.25) is 5.91 Å². The average molecular weight is 478 g/mol. The summed E-state index contributed by atoms with van der Waals surface area (Å²) in [4.78, 5) is 34.7. The topological polar surface area (TPSA) is 105 Å². The number of ether oxygens (including phenoxy) is 1. The highest BCUT2D eigenvalue weighted by atomic mass is 19.4. The fourth-order valence-corrected chi connectivity index (χ4v) is 3.95. The maximum Gasteiger partial charge on any atom is 0.409 e. The summed E-state index contributed by atoms with van der Waals surface area (Å²) < 4.78 is 44.0. The minimum Gasteiger partial charge on any atom is -0.481 e. The van der Waals surface area contributed by atoms with Crippen LogP contribution in [0.4, 0.5) is 18.0 Å². The Bertz CT molecular complexity index is 1010. The van der Waals surface area contributed by atoms with E-state index in [0.717, 1.165) is 22.3 Å². The number of benzene rings is 2. The quantitative estimate of drug-likeness (QED) is 0.501. The van der Waals surface area contributed by atoms with Crippen molar-refractivity contribution in [2.45, 2.75) is 50.4 Å². The number of aliphatic carboxylic acids is 1. The van der Waals surface area contributed by atoms with Gasteiger partial charge in [-0.1, -0.05) is 48.5 Å². The Morgan fingerprint density at radius 2 is 1.56 bits per heavy atom. The summed E-state index contributed by atoms with van der Waals surface area (Å²) >= 11 is 0. The lowest BCUT2D eigenvalue weighted by atomic mass is 9.98. The van der Waals surface area contributed by atoms with Crippen molar-refractivity contribution >= 4 is 18.0 Å². The third-order valence-electron chi connectivity index (χ3n) is 5.62. The number of hydrogen-bond donors (Lipinski definition) is 3. The number of rotatable bonds is 9. The normalized spacial score (nSPS) is 14.5. The average Bonchev–Trinajstić information content (AvgIpc) is 3.09. The number of carboxylic acids is 1. The van der Waals surface area contributed by atoms with Crippen LogP contribution in [0.2, 0.25) is 0 Å². The van der Waals surface area contributed by atoms with E-state index in [1.165, 1.54) is 0 Å². The molecule has 2 amide bonds. The molecular weight excluding hydrogens is 453 g/mol. The summed E-state index contributed by atoms with van der Waals surface area (Å²) in [5.74, 6) is -2.74. The SMILES string of the molecule is CC(CCC(=O)NC(CC(=O)O)C(F)(F)F)NC(=O)OCC1c2ccccc2-c2ccccc21. The molecule has 10 heteroatoms. The third-order valence-corrected chi connectivity index (χ3v) is 5.62. The van der Waals surface area contributed by atoms with Crippen molar-refractivity contribution in [3.05, 3.63) is 59.7 Å². The van der Waals surface area contributed by atoms with E-state index in [2.05, 4.69) is 5.32 Å². The highest BCUT2D eigenvalue weighted by Gasteiger charge is 2.42. The number of hydrogen-bond acceptors (Lipinski definition) is 4. The van der Waals surface area contributed by atoms with Crippen LogP contribution in [-0.2, 0) is 14.3 Å². The molecule has 0 aliphatic heterocycles. The minimum absolute atomic E-state index is 0.0493. The number of fused-ring (bicyclic) bond motifs is 3. The number of halogens is 3.